The minimum absolute atomic E-state index is 0.327. The molecule has 1 nitrogen and oxygen atoms in total. The van der Waals surface area contributed by atoms with Crippen molar-refractivity contribution in [1.82, 2.24) is 0 Å². The molecule has 2 atom stereocenters. The molecule has 1 saturated heterocycles. The van der Waals surface area contributed by atoms with Crippen molar-refractivity contribution in [2.45, 2.75) is 54.6 Å². The van der Waals surface area contributed by atoms with Crippen LogP contribution in [-0.2, 0) is 4.74 Å². The van der Waals surface area contributed by atoms with Gasteiger partial charge in [-0.3, -0.25) is 0 Å². The third-order valence-electron chi connectivity index (χ3n) is 3.41. The summed E-state index contributed by atoms with van der Waals surface area (Å²) >= 11 is 0. The summed E-state index contributed by atoms with van der Waals surface area (Å²) in [5, 5.41) is 0. The minimum Gasteiger partial charge on any atom is -0.377 e. The average Bonchev–Trinajstić information content (AvgIpc) is 2.23. The van der Waals surface area contributed by atoms with Gasteiger partial charge in [0.25, 0.3) is 0 Å². The van der Waals surface area contributed by atoms with E-state index >= 15 is 0 Å². The van der Waals surface area contributed by atoms with Gasteiger partial charge in [0.1, 0.15) is 0 Å². The van der Waals surface area contributed by atoms with E-state index in [1.165, 1.54) is 0 Å². The van der Waals surface area contributed by atoms with Crippen LogP contribution in [0.4, 0.5) is 0 Å². The highest BCUT2D eigenvalue weighted by Crippen LogP contribution is 2.49. The zero-order chi connectivity index (χ0) is 11.1. The highest BCUT2D eigenvalue weighted by molar-refractivity contribution is 4.97. The largest absolute Gasteiger partial charge is 0.377 e. The van der Waals surface area contributed by atoms with E-state index in [4.69, 9.17) is 4.74 Å². The molecular formula is C13H26O. The van der Waals surface area contributed by atoms with E-state index < -0.39 is 0 Å². The molecule has 1 rings (SSSR count). The van der Waals surface area contributed by atoms with Crippen molar-refractivity contribution in [3.8, 4) is 0 Å². The summed E-state index contributed by atoms with van der Waals surface area (Å²) in [5.74, 6) is 1.29. The quantitative estimate of drug-likeness (QED) is 0.624. The molecule has 1 aliphatic rings. The SMILES string of the molecule is CC(C)[C@H]1OCC(C)(C)[C@H]1C(C)(C)C. The van der Waals surface area contributed by atoms with Crippen LogP contribution in [0.1, 0.15) is 48.5 Å². The Kier molecular flexibility index (Phi) is 3.02. The van der Waals surface area contributed by atoms with Gasteiger partial charge >= 0.3 is 0 Å². The summed E-state index contributed by atoms with van der Waals surface area (Å²) in [5.41, 5.74) is 0.669. The maximum absolute atomic E-state index is 5.97. The number of hydrogen-bond acceptors (Lipinski definition) is 1. The molecule has 0 radical (unpaired) electrons. The summed E-state index contributed by atoms with van der Waals surface area (Å²) in [7, 11) is 0. The maximum atomic E-state index is 5.97. The van der Waals surface area contributed by atoms with E-state index in [1.807, 2.05) is 0 Å². The molecule has 0 aliphatic carbocycles. The molecule has 1 heterocycles. The Hall–Kier alpha value is -0.0400. The van der Waals surface area contributed by atoms with Crippen LogP contribution in [0.3, 0.4) is 0 Å². The second-order valence-corrected chi connectivity index (χ2v) is 6.85. The second-order valence-electron chi connectivity index (χ2n) is 6.85. The molecule has 0 saturated carbocycles. The molecule has 1 heteroatoms. The molecule has 84 valence electrons. The van der Waals surface area contributed by atoms with E-state index in [0.29, 0.717) is 28.8 Å². The van der Waals surface area contributed by atoms with Crippen molar-refractivity contribution < 1.29 is 4.74 Å². The van der Waals surface area contributed by atoms with Crippen molar-refractivity contribution in [1.29, 1.82) is 0 Å². The van der Waals surface area contributed by atoms with Crippen LogP contribution in [0.25, 0.3) is 0 Å². The first-order chi connectivity index (χ1) is 6.16. The molecule has 0 spiro atoms. The first-order valence-corrected chi connectivity index (χ1v) is 5.78. The molecule has 0 aromatic rings. The molecule has 0 N–H and O–H groups in total. The lowest BCUT2D eigenvalue weighted by molar-refractivity contribution is 0.0209. The molecule has 1 aliphatic heterocycles. The zero-order valence-electron chi connectivity index (χ0n) is 10.8. The Balaban J connectivity index is 2.93. The van der Waals surface area contributed by atoms with Gasteiger partial charge in [0.05, 0.1) is 12.7 Å². The van der Waals surface area contributed by atoms with Gasteiger partial charge in [-0.1, -0.05) is 48.5 Å². The summed E-state index contributed by atoms with van der Waals surface area (Å²) in [6, 6.07) is 0. The molecule has 0 bridgehead atoms. The first kappa shape index (κ1) is 12.0. The van der Waals surface area contributed by atoms with Crippen molar-refractivity contribution in [2.75, 3.05) is 6.61 Å². The Labute approximate surface area is 89.2 Å². The van der Waals surface area contributed by atoms with Crippen LogP contribution in [-0.4, -0.2) is 12.7 Å². The van der Waals surface area contributed by atoms with Crippen LogP contribution in [0, 0.1) is 22.7 Å². The fourth-order valence-corrected chi connectivity index (χ4v) is 3.18. The van der Waals surface area contributed by atoms with Gasteiger partial charge in [-0.15, -0.1) is 0 Å². The standard InChI is InChI=1S/C13H26O/c1-9(2)10-11(12(3,4)5)13(6,7)8-14-10/h9-11H,8H2,1-7H3/t10-,11-/m1/s1. The van der Waals surface area contributed by atoms with Crippen LogP contribution in [0.15, 0.2) is 0 Å². The van der Waals surface area contributed by atoms with Crippen LogP contribution in [0.2, 0.25) is 0 Å². The number of hydrogen-bond donors (Lipinski definition) is 0. The lowest BCUT2D eigenvalue weighted by atomic mass is 9.63. The van der Waals surface area contributed by atoms with Crippen LogP contribution >= 0.6 is 0 Å². The van der Waals surface area contributed by atoms with Gasteiger partial charge in [0, 0.05) is 0 Å². The van der Waals surface area contributed by atoms with E-state index in [-0.39, 0.29) is 0 Å². The third-order valence-corrected chi connectivity index (χ3v) is 3.41. The lowest BCUT2D eigenvalue weighted by Crippen LogP contribution is -2.39. The maximum Gasteiger partial charge on any atom is 0.0637 e. The Morgan fingerprint density at radius 1 is 1.21 bits per heavy atom. The Bertz CT molecular complexity index is 198. The average molecular weight is 198 g/mol. The van der Waals surface area contributed by atoms with Gasteiger partial charge in [0.15, 0.2) is 0 Å². The Morgan fingerprint density at radius 2 is 1.71 bits per heavy atom. The van der Waals surface area contributed by atoms with Crippen molar-refractivity contribution in [3.63, 3.8) is 0 Å². The van der Waals surface area contributed by atoms with Gasteiger partial charge in [-0.05, 0) is 22.7 Å². The monoisotopic (exact) mass is 198 g/mol. The normalized spacial score (nSPS) is 32.6. The highest BCUT2D eigenvalue weighted by atomic mass is 16.5. The van der Waals surface area contributed by atoms with Crippen molar-refractivity contribution >= 4 is 0 Å². The lowest BCUT2D eigenvalue weighted by Gasteiger charge is -2.40. The van der Waals surface area contributed by atoms with Crippen molar-refractivity contribution in [2.24, 2.45) is 22.7 Å². The summed E-state index contributed by atoms with van der Waals surface area (Å²) < 4.78 is 5.97. The molecule has 14 heavy (non-hydrogen) atoms. The predicted octanol–water partition coefficient (Wildman–Crippen LogP) is 3.73. The second kappa shape index (κ2) is 3.52. The van der Waals surface area contributed by atoms with Gasteiger partial charge in [-0.25, -0.2) is 0 Å². The molecular weight excluding hydrogens is 172 g/mol. The molecule has 0 unspecified atom stereocenters. The predicted molar refractivity (Wildman–Crippen MR) is 61.3 cm³/mol. The molecule has 0 aromatic heterocycles. The first-order valence-electron chi connectivity index (χ1n) is 5.78. The van der Waals surface area contributed by atoms with Gasteiger partial charge in [0.2, 0.25) is 0 Å². The van der Waals surface area contributed by atoms with Gasteiger partial charge < -0.3 is 4.74 Å². The fourth-order valence-electron chi connectivity index (χ4n) is 3.18. The van der Waals surface area contributed by atoms with Crippen molar-refractivity contribution in [3.05, 3.63) is 0 Å². The molecule has 1 fully saturated rings. The third kappa shape index (κ3) is 2.13. The van der Waals surface area contributed by atoms with E-state index in [1.54, 1.807) is 0 Å². The van der Waals surface area contributed by atoms with Gasteiger partial charge in [-0.2, -0.15) is 0 Å². The number of ether oxygens (including phenoxy) is 1. The van der Waals surface area contributed by atoms with Crippen LogP contribution in [0.5, 0.6) is 0 Å². The Morgan fingerprint density at radius 3 is 2.00 bits per heavy atom. The zero-order valence-corrected chi connectivity index (χ0v) is 10.8. The van der Waals surface area contributed by atoms with E-state index in [0.717, 1.165) is 6.61 Å². The van der Waals surface area contributed by atoms with E-state index in [9.17, 15) is 0 Å². The number of rotatable bonds is 1. The van der Waals surface area contributed by atoms with Crippen LogP contribution < -0.4 is 0 Å². The van der Waals surface area contributed by atoms with E-state index in [2.05, 4.69) is 48.5 Å². The summed E-state index contributed by atoms with van der Waals surface area (Å²) in [6.45, 7) is 17.1. The molecule has 0 amide bonds. The molecule has 0 aromatic carbocycles. The topological polar surface area (TPSA) is 9.23 Å². The minimum atomic E-state index is 0.327. The highest BCUT2D eigenvalue weighted by Gasteiger charge is 2.49. The smallest absolute Gasteiger partial charge is 0.0637 e. The fraction of sp³-hybridized carbons (Fsp3) is 1.00. The summed E-state index contributed by atoms with van der Waals surface area (Å²) in [4.78, 5) is 0. The summed E-state index contributed by atoms with van der Waals surface area (Å²) in [6.07, 6.45) is 0.435.